The van der Waals surface area contributed by atoms with E-state index >= 15 is 0 Å². The predicted octanol–water partition coefficient (Wildman–Crippen LogP) is 0.310. The molecule has 0 spiro atoms. The molecule has 0 saturated carbocycles. The average molecular weight is 203 g/mol. The second-order valence-electron chi connectivity index (χ2n) is 2.68. The van der Waals surface area contributed by atoms with Crippen molar-refractivity contribution < 1.29 is 14.3 Å². The molecular weight excluding hydrogens is 194 g/mol. The molecule has 0 fully saturated rings. The number of methoxy groups -OCH3 is 1. The lowest BCUT2D eigenvalue weighted by atomic mass is 10.1. The van der Waals surface area contributed by atoms with Gasteiger partial charge in [0.05, 0.1) is 7.11 Å². The second-order valence-corrected chi connectivity index (χ2v) is 2.68. The van der Waals surface area contributed by atoms with Crippen LogP contribution in [0.25, 0.3) is 0 Å². The van der Waals surface area contributed by atoms with E-state index in [1.807, 2.05) is 0 Å². The highest BCUT2D eigenvalue weighted by Gasteiger charge is 1.98. The Hall–Kier alpha value is -2.28. The fraction of sp³-hybridized carbons (Fsp3) is 0.0909. The van der Waals surface area contributed by atoms with E-state index in [-0.39, 0.29) is 0 Å². The number of ether oxygens (including phenoxy) is 1. The lowest BCUT2D eigenvalue weighted by molar-refractivity contribution is -0.133. The maximum Gasteiger partial charge on any atom is 0.384 e. The first-order valence-corrected chi connectivity index (χ1v) is 4.13. The third-order valence-corrected chi connectivity index (χ3v) is 1.66. The van der Waals surface area contributed by atoms with Gasteiger partial charge in [0.25, 0.3) is 0 Å². The van der Waals surface area contributed by atoms with Gasteiger partial charge >= 0.3 is 5.97 Å². The summed E-state index contributed by atoms with van der Waals surface area (Å²) in [6.45, 7) is 0. The van der Waals surface area contributed by atoms with Crippen molar-refractivity contribution in [3.8, 4) is 11.8 Å². The molecule has 0 bridgehead atoms. The van der Waals surface area contributed by atoms with E-state index in [9.17, 15) is 9.59 Å². The summed E-state index contributed by atoms with van der Waals surface area (Å²) in [6.07, 6.45) is 0. The van der Waals surface area contributed by atoms with E-state index in [1.54, 1.807) is 24.3 Å². The number of amides is 1. The van der Waals surface area contributed by atoms with Crippen molar-refractivity contribution in [3.63, 3.8) is 0 Å². The lowest BCUT2D eigenvalue weighted by Gasteiger charge is -1.94. The Morgan fingerprint density at radius 2 is 1.87 bits per heavy atom. The van der Waals surface area contributed by atoms with Crippen molar-refractivity contribution in [2.45, 2.75) is 0 Å². The topological polar surface area (TPSA) is 69.4 Å². The zero-order valence-electron chi connectivity index (χ0n) is 8.11. The molecule has 2 N–H and O–H groups in total. The number of esters is 1. The van der Waals surface area contributed by atoms with Gasteiger partial charge in [-0.3, -0.25) is 4.79 Å². The Labute approximate surface area is 87.0 Å². The summed E-state index contributed by atoms with van der Waals surface area (Å²) in [5, 5.41) is 0. The largest absolute Gasteiger partial charge is 0.459 e. The SMILES string of the molecule is COC(=O)C#Cc1ccc(C(N)=O)cc1. The number of hydrogen-bond acceptors (Lipinski definition) is 3. The molecule has 0 heterocycles. The van der Waals surface area contributed by atoms with Crippen LogP contribution >= 0.6 is 0 Å². The van der Waals surface area contributed by atoms with Gasteiger partial charge in [0.15, 0.2) is 0 Å². The molecule has 1 rings (SSSR count). The molecule has 0 aliphatic carbocycles. The molecule has 0 saturated heterocycles. The highest BCUT2D eigenvalue weighted by Crippen LogP contribution is 2.01. The summed E-state index contributed by atoms with van der Waals surface area (Å²) in [4.78, 5) is 21.4. The van der Waals surface area contributed by atoms with Crippen molar-refractivity contribution in [1.29, 1.82) is 0 Å². The standard InChI is InChI=1S/C11H9NO3/c1-15-10(13)7-4-8-2-5-9(6-3-8)11(12)14/h2-3,5-6H,1H3,(H2,12,14). The van der Waals surface area contributed by atoms with Crippen molar-refractivity contribution >= 4 is 11.9 Å². The number of carbonyl (C=O) groups excluding carboxylic acids is 2. The molecule has 4 heteroatoms. The summed E-state index contributed by atoms with van der Waals surface area (Å²) in [6, 6.07) is 6.30. The van der Waals surface area contributed by atoms with Crippen LogP contribution in [0.3, 0.4) is 0 Å². The van der Waals surface area contributed by atoms with Crippen molar-refractivity contribution in [2.75, 3.05) is 7.11 Å². The number of primary amides is 1. The molecule has 0 aliphatic rings. The molecule has 1 aromatic rings. The summed E-state index contributed by atoms with van der Waals surface area (Å²) >= 11 is 0. The molecule has 15 heavy (non-hydrogen) atoms. The van der Waals surface area contributed by atoms with Crippen LogP contribution in [0.15, 0.2) is 24.3 Å². The molecule has 0 radical (unpaired) electrons. The minimum Gasteiger partial charge on any atom is -0.459 e. The normalized spacial score (nSPS) is 8.60. The Kier molecular flexibility index (Phi) is 3.47. The van der Waals surface area contributed by atoms with Gasteiger partial charge in [-0.1, -0.05) is 5.92 Å². The zero-order valence-corrected chi connectivity index (χ0v) is 8.11. The zero-order chi connectivity index (χ0) is 11.3. The van der Waals surface area contributed by atoms with Crippen molar-refractivity contribution in [3.05, 3.63) is 35.4 Å². The third-order valence-electron chi connectivity index (χ3n) is 1.66. The molecular formula is C11H9NO3. The highest BCUT2D eigenvalue weighted by atomic mass is 16.5. The van der Waals surface area contributed by atoms with Gasteiger partial charge in [0, 0.05) is 17.0 Å². The monoisotopic (exact) mass is 203 g/mol. The molecule has 1 aromatic carbocycles. The van der Waals surface area contributed by atoms with E-state index in [1.165, 1.54) is 7.11 Å². The Morgan fingerprint density at radius 3 is 2.33 bits per heavy atom. The molecule has 0 unspecified atom stereocenters. The van der Waals surface area contributed by atoms with Crippen molar-refractivity contribution in [2.24, 2.45) is 5.73 Å². The van der Waals surface area contributed by atoms with Crippen LogP contribution in [0.4, 0.5) is 0 Å². The minimum absolute atomic E-state index is 0.401. The van der Waals surface area contributed by atoms with Gasteiger partial charge < -0.3 is 10.5 Å². The first-order valence-electron chi connectivity index (χ1n) is 4.13. The highest BCUT2D eigenvalue weighted by molar-refractivity contribution is 5.93. The molecule has 1 amide bonds. The van der Waals surface area contributed by atoms with Crippen molar-refractivity contribution in [1.82, 2.24) is 0 Å². The number of rotatable bonds is 1. The van der Waals surface area contributed by atoms with Gasteiger partial charge in [-0.05, 0) is 24.3 Å². The first-order chi connectivity index (χ1) is 7.13. The van der Waals surface area contributed by atoms with E-state index in [4.69, 9.17) is 5.73 Å². The van der Waals surface area contributed by atoms with Crippen LogP contribution in [0.2, 0.25) is 0 Å². The maximum absolute atomic E-state index is 10.7. The molecule has 0 aromatic heterocycles. The third kappa shape index (κ3) is 3.16. The van der Waals surface area contributed by atoms with Gasteiger partial charge in [0.1, 0.15) is 0 Å². The van der Waals surface area contributed by atoms with E-state index in [0.717, 1.165) is 0 Å². The van der Waals surface area contributed by atoms with Gasteiger partial charge in [-0.15, -0.1) is 0 Å². The minimum atomic E-state index is -0.603. The average Bonchev–Trinajstić information content (AvgIpc) is 2.26. The number of carbonyl (C=O) groups is 2. The van der Waals surface area contributed by atoms with E-state index in [2.05, 4.69) is 16.6 Å². The Morgan fingerprint density at radius 1 is 1.27 bits per heavy atom. The molecule has 76 valence electrons. The van der Waals surface area contributed by atoms with Crippen LogP contribution in [0, 0.1) is 11.8 Å². The Balaban J connectivity index is 2.84. The fourth-order valence-corrected chi connectivity index (χ4v) is 0.892. The number of hydrogen-bond donors (Lipinski definition) is 1. The molecule has 4 nitrogen and oxygen atoms in total. The number of nitrogens with two attached hydrogens (primary N) is 1. The van der Waals surface area contributed by atoms with Crippen LogP contribution in [-0.2, 0) is 9.53 Å². The van der Waals surface area contributed by atoms with Gasteiger partial charge in [-0.2, -0.15) is 0 Å². The van der Waals surface area contributed by atoms with Gasteiger partial charge in [-0.25, -0.2) is 4.79 Å². The van der Waals surface area contributed by atoms with Crippen LogP contribution in [0.1, 0.15) is 15.9 Å². The first kappa shape index (κ1) is 10.8. The maximum atomic E-state index is 10.7. The molecule has 0 aliphatic heterocycles. The quantitative estimate of drug-likeness (QED) is 0.527. The summed E-state index contributed by atoms with van der Waals surface area (Å²) < 4.78 is 4.35. The second kappa shape index (κ2) is 4.82. The van der Waals surface area contributed by atoms with E-state index < -0.39 is 11.9 Å². The Bertz CT molecular complexity index is 437. The summed E-state index contributed by atoms with van der Waals surface area (Å²) in [5.41, 5.74) is 6.08. The summed E-state index contributed by atoms with van der Waals surface area (Å²) in [7, 11) is 1.26. The molecule has 0 atom stereocenters. The summed E-state index contributed by atoms with van der Waals surface area (Å²) in [5.74, 6) is 3.75. The van der Waals surface area contributed by atoms with Crippen LogP contribution in [-0.4, -0.2) is 19.0 Å². The fourth-order valence-electron chi connectivity index (χ4n) is 0.892. The smallest absolute Gasteiger partial charge is 0.384 e. The van der Waals surface area contributed by atoms with Crippen LogP contribution in [0.5, 0.6) is 0 Å². The van der Waals surface area contributed by atoms with E-state index in [0.29, 0.717) is 11.1 Å². The lowest BCUT2D eigenvalue weighted by Crippen LogP contribution is -2.10. The number of benzene rings is 1. The predicted molar refractivity (Wildman–Crippen MR) is 53.9 cm³/mol. The van der Waals surface area contributed by atoms with Gasteiger partial charge in [0.2, 0.25) is 5.91 Å². The van der Waals surface area contributed by atoms with Crippen LogP contribution < -0.4 is 5.73 Å².